The number of hydrogen-bond acceptors (Lipinski definition) is 5. The van der Waals surface area contributed by atoms with E-state index in [1.807, 2.05) is 6.07 Å². The van der Waals surface area contributed by atoms with Crippen LogP contribution in [0, 0.1) is 0 Å². The summed E-state index contributed by atoms with van der Waals surface area (Å²) in [6.07, 6.45) is 2.23. The summed E-state index contributed by atoms with van der Waals surface area (Å²) in [5.41, 5.74) is 8.16. The maximum absolute atomic E-state index is 5.92. The smallest absolute Gasteiger partial charge is 0.180 e. The van der Waals surface area contributed by atoms with Gasteiger partial charge >= 0.3 is 0 Å². The Hall–Kier alpha value is -1.43. The van der Waals surface area contributed by atoms with Crippen LogP contribution in [0.1, 0.15) is 11.3 Å². The van der Waals surface area contributed by atoms with Crippen molar-refractivity contribution in [2.75, 3.05) is 38.5 Å². The zero-order valence-corrected chi connectivity index (χ0v) is 13.0. The molecule has 3 N–H and O–H groups in total. The lowest BCUT2D eigenvalue weighted by atomic mass is 10.1. The van der Waals surface area contributed by atoms with E-state index in [0.29, 0.717) is 5.13 Å². The van der Waals surface area contributed by atoms with Crippen LogP contribution in [-0.4, -0.2) is 42.6 Å². The third-order valence-corrected chi connectivity index (χ3v) is 4.79. The summed E-state index contributed by atoms with van der Waals surface area (Å²) in [7, 11) is 0. The Labute approximate surface area is 130 Å². The number of aryl methyl sites for hydroxylation is 1. The monoisotopic (exact) mass is 302 g/mol. The highest BCUT2D eigenvalue weighted by Gasteiger charge is 2.13. The van der Waals surface area contributed by atoms with Gasteiger partial charge in [-0.25, -0.2) is 4.98 Å². The maximum Gasteiger partial charge on any atom is 0.180 e. The number of aromatic nitrogens is 1. The van der Waals surface area contributed by atoms with Crippen LogP contribution < -0.4 is 11.1 Å². The summed E-state index contributed by atoms with van der Waals surface area (Å²) in [6.45, 7) is 5.71. The average Bonchev–Trinajstić information content (AvgIpc) is 2.90. The largest absolute Gasteiger partial charge is 0.375 e. The van der Waals surface area contributed by atoms with E-state index in [9.17, 15) is 0 Å². The molecule has 0 amide bonds. The molecule has 112 valence electrons. The third kappa shape index (κ3) is 3.81. The zero-order chi connectivity index (χ0) is 14.5. The van der Waals surface area contributed by atoms with Crippen LogP contribution in [0.4, 0.5) is 5.13 Å². The molecule has 0 radical (unpaired) electrons. The van der Waals surface area contributed by atoms with Crippen molar-refractivity contribution in [3.8, 4) is 11.3 Å². The van der Waals surface area contributed by atoms with Gasteiger partial charge in [0.1, 0.15) is 0 Å². The first-order chi connectivity index (χ1) is 10.3. The van der Waals surface area contributed by atoms with Crippen LogP contribution in [0.25, 0.3) is 11.3 Å². The normalized spacial score (nSPS) is 16.2. The molecule has 0 atom stereocenters. The molecule has 2 aromatic rings. The number of thiazole rings is 1. The molecule has 1 aliphatic rings. The first kappa shape index (κ1) is 14.5. The van der Waals surface area contributed by atoms with Crippen molar-refractivity contribution in [2.45, 2.75) is 12.8 Å². The van der Waals surface area contributed by atoms with E-state index in [1.165, 1.54) is 16.9 Å². The van der Waals surface area contributed by atoms with Gasteiger partial charge < -0.3 is 16.0 Å². The van der Waals surface area contributed by atoms with Crippen molar-refractivity contribution in [3.63, 3.8) is 0 Å². The quantitative estimate of drug-likeness (QED) is 0.889. The summed E-state index contributed by atoms with van der Waals surface area (Å²) in [6, 6.07) is 10.3. The summed E-state index contributed by atoms with van der Waals surface area (Å²) >= 11 is 1.63. The molecule has 0 saturated carbocycles. The van der Waals surface area contributed by atoms with Gasteiger partial charge in [-0.1, -0.05) is 30.3 Å². The van der Waals surface area contributed by atoms with Gasteiger partial charge in [0.25, 0.3) is 0 Å². The Bertz CT molecular complexity index is 561. The van der Waals surface area contributed by atoms with Crippen molar-refractivity contribution in [1.82, 2.24) is 15.2 Å². The van der Waals surface area contributed by atoms with Crippen molar-refractivity contribution < 1.29 is 0 Å². The number of nitrogens with zero attached hydrogens (tertiary/aromatic N) is 2. The zero-order valence-electron chi connectivity index (χ0n) is 12.2. The predicted molar refractivity (Wildman–Crippen MR) is 89.6 cm³/mol. The molecular formula is C16H22N4S. The average molecular weight is 302 g/mol. The van der Waals surface area contributed by atoms with Gasteiger partial charge in [0, 0.05) is 36.6 Å². The van der Waals surface area contributed by atoms with E-state index in [2.05, 4.69) is 39.5 Å². The molecule has 1 aliphatic heterocycles. The van der Waals surface area contributed by atoms with Crippen LogP contribution in [0.3, 0.4) is 0 Å². The summed E-state index contributed by atoms with van der Waals surface area (Å²) in [5, 5.41) is 4.06. The molecule has 1 saturated heterocycles. The Balaban J connectivity index is 1.62. The number of benzene rings is 1. The lowest BCUT2D eigenvalue weighted by Crippen LogP contribution is -2.43. The second kappa shape index (κ2) is 7.02. The van der Waals surface area contributed by atoms with Gasteiger partial charge in [-0.2, -0.15) is 0 Å². The molecule has 0 unspecified atom stereocenters. The third-order valence-electron chi connectivity index (χ3n) is 3.85. The molecule has 0 spiro atoms. The molecule has 1 aromatic heterocycles. The van der Waals surface area contributed by atoms with Gasteiger partial charge in [-0.15, -0.1) is 11.3 Å². The maximum atomic E-state index is 5.92. The Morgan fingerprint density at radius 1 is 1.19 bits per heavy atom. The minimum absolute atomic E-state index is 0.672. The van der Waals surface area contributed by atoms with Crippen LogP contribution in [0.15, 0.2) is 30.3 Å². The molecule has 0 bridgehead atoms. The number of anilines is 1. The Kier molecular flexibility index (Phi) is 4.85. The fourth-order valence-electron chi connectivity index (χ4n) is 2.76. The number of hydrogen-bond donors (Lipinski definition) is 2. The molecule has 3 rings (SSSR count). The molecule has 21 heavy (non-hydrogen) atoms. The van der Waals surface area contributed by atoms with Crippen LogP contribution in [0.5, 0.6) is 0 Å². The van der Waals surface area contributed by atoms with Gasteiger partial charge in [0.05, 0.1) is 5.69 Å². The Morgan fingerprint density at radius 3 is 2.71 bits per heavy atom. The fourth-order valence-corrected chi connectivity index (χ4v) is 3.65. The fraction of sp³-hybridized carbons (Fsp3) is 0.438. The number of nitrogens with two attached hydrogens (primary N) is 1. The second-order valence-electron chi connectivity index (χ2n) is 5.39. The highest BCUT2D eigenvalue weighted by atomic mass is 32.1. The molecule has 5 heteroatoms. The minimum atomic E-state index is 0.672. The number of nitrogen functional groups attached to an aromatic ring is 1. The topological polar surface area (TPSA) is 54.2 Å². The van der Waals surface area contributed by atoms with Gasteiger partial charge in [-0.05, 0) is 19.4 Å². The summed E-state index contributed by atoms with van der Waals surface area (Å²) in [5.74, 6) is 0. The SMILES string of the molecule is Nc1nc(-c2ccccc2)c(CCCN2CCNCC2)s1. The lowest BCUT2D eigenvalue weighted by Gasteiger charge is -2.26. The van der Waals surface area contributed by atoms with Crippen LogP contribution in [-0.2, 0) is 6.42 Å². The van der Waals surface area contributed by atoms with Crippen molar-refractivity contribution in [2.24, 2.45) is 0 Å². The summed E-state index contributed by atoms with van der Waals surface area (Å²) < 4.78 is 0. The molecule has 4 nitrogen and oxygen atoms in total. The molecule has 1 aromatic carbocycles. The second-order valence-corrected chi connectivity index (χ2v) is 6.50. The Morgan fingerprint density at radius 2 is 1.95 bits per heavy atom. The van der Waals surface area contributed by atoms with Crippen LogP contribution in [0.2, 0.25) is 0 Å². The highest BCUT2D eigenvalue weighted by molar-refractivity contribution is 7.15. The summed E-state index contributed by atoms with van der Waals surface area (Å²) in [4.78, 5) is 8.36. The van der Waals surface area contributed by atoms with Crippen LogP contribution >= 0.6 is 11.3 Å². The molecular weight excluding hydrogens is 280 g/mol. The first-order valence-corrected chi connectivity index (χ1v) is 8.38. The number of nitrogens with one attached hydrogen (secondary N) is 1. The first-order valence-electron chi connectivity index (χ1n) is 7.56. The number of rotatable bonds is 5. The van der Waals surface area contributed by atoms with E-state index < -0.39 is 0 Å². The van der Waals surface area contributed by atoms with E-state index in [0.717, 1.165) is 44.8 Å². The van der Waals surface area contributed by atoms with E-state index in [1.54, 1.807) is 11.3 Å². The molecule has 1 fully saturated rings. The molecule has 2 heterocycles. The van der Waals surface area contributed by atoms with E-state index in [-0.39, 0.29) is 0 Å². The van der Waals surface area contributed by atoms with E-state index in [4.69, 9.17) is 5.73 Å². The lowest BCUT2D eigenvalue weighted by molar-refractivity contribution is 0.239. The highest BCUT2D eigenvalue weighted by Crippen LogP contribution is 2.30. The van der Waals surface area contributed by atoms with Gasteiger partial charge in [0.15, 0.2) is 5.13 Å². The van der Waals surface area contributed by atoms with Gasteiger partial charge in [0.2, 0.25) is 0 Å². The number of piperazine rings is 1. The van der Waals surface area contributed by atoms with Crippen molar-refractivity contribution in [3.05, 3.63) is 35.2 Å². The molecule has 0 aliphatic carbocycles. The minimum Gasteiger partial charge on any atom is -0.375 e. The van der Waals surface area contributed by atoms with Gasteiger partial charge in [-0.3, -0.25) is 0 Å². The van der Waals surface area contributed by atoms with E-state index >= 15 is 0 Å². The van der Waals surface area contributed by atoms with Crippen molar-refractivity contribution in [1.29, 1.82) is 0 Å². The standard InChI is InChI=1S/C16H22N4S/c17-16-19-15(13-5-2-1-3-6-13)14(21-16)7-4-10-20-11-8-18-9-12-20/h1-3,5-6,18H,4,7-12H2,(H2,17,19). The predicted octanol–water partition coefficient (Wildman–Crippen LogP) is 2.23. The van der Waals surface area contributed by atoms with Crippen molar-refractivity contribution >= 4 is 16.5 Å².